The Kier molecular flexibility index (Phi) is 6.08. The lowest BCUT2D eigenvalue weighted by Gasteiger charge is -2.14. The lowest BCUT2D eigenvalue weighted by Crippen LogP contribution is -2.21. The van der Waals surface area contributed by atoms with Crippen LogP contribution in [0.25, 0.3) is 0 Å². The van der Waals surface area contributed by atoms with Crippen molar-refractivity contribution in [2.75, 3.05) is 20.8 Å². The number of benzene rings is 1. The highest BCUT2D eigenvalue weighted by Crippen LogP contribution is 2.27. The van der Waals surface area contributed by atoms with E-state index in [4.69, 9.17) is 20.9 Å². The molecule has 1 aromatic carbocycles. The van der Waals surface area contributed by atoms with E-state index in [1.54, 1.807) is 14.2 Å². The normalized spacial score (nSPS) is 11.5. The van der Waals surface area contributed by atoms with Gasteiger partial charge in [0.1, 0.15) is 11.5 Å². The molecule has 1 rings (SSSR count). The first kappa shape index (κ1) is 14.0. The summed E-state index contributed by atoms with van der Waals surface area (Å²) in [7, 11) is 3.22. The van der Waals surface area contributed by atoms with E-state index in [9.17, 15) is 0 Å². The molecule has 0 amide bonds. The fraction of sp³-hybridized carbons (Fsp3) is 0.400. The first-order chi connectivity index (χ1) is 6.72. The number of ether oxygens (including phenoxy) is 2. The van der Waals surface area contributed by atoms with E-state index in [0.717, 1.165) is 17.1 Å². The van der Waals surface area contributed by atoms with Crippen molar-refractivity contribution < 1.29 is 9.47 Å². The van der Waals surface area contributed by atoms with Crippen molar-refractivity contribution in [3.8, 4) is 11.5 Å². The van der Waals surface area contributed by atoms with Gasteiger partial charge in [-0.05, 0) is 18.2 Å². The summed E-state index contributed by atoms with van der Waals surface area (Å²) in [5.74, 6) is 1.49. The predicted octanol–water partition coefficient (Wildman–Crippen LogP) is 1.08. The van der Waals surface area contributed by atoms with Crippen LogP contribution < -0.4 is 20.9 Å². The zero-order valence-electron chi connectivity index (χ0n) is 8.90. The lowest BCUT2D eigenvalue weighted by molar-refractivity contribution is 0.395. The maximum absolute atomic E-state index is 5.83. The van der Waals surface area contributed by atoms with Crippen molar-refractivity contribution in [3.63, 3.8) is 0 Å². The Bertz CT molecular complexity index is 307. The molecule has 4 nitrogen and oxygen atoms in total. The van der Waals surface area contributed by atoms with Gasteiger partial charge >= 0.3 is 0 Å². The summed E-state index contributed by atoms with van der Waals surface area (Å²) >= 11 is 0. The van der Waals surface area contributed by atoms with Gasteiger partial charge in [0.15, 0.2) is 0 Å². The van der Waals surface area contributed by atoms with Gasteiger partial charge in [-0.1, -0.05) is 0 Å². The zero-order valence-corrected chi connectivity index (χ0v) is 9.71. The third-order valence-electron chi connectivity index (χ3n) is 2.09. The average Bonchev–Trinajstić information content (AvgIpc) is 2.27. The van der Waals surface area contributed by atoms with Crippen molar-refractivity contribution in [1.82, 2.24) is 0 Å². The van der Waals surface area contributed by atoms with Gasteiger partial charge in [0.25, 0.3) is 0 Å². The number of halogens is 1. The Balaban J connectivity index is 0.00000196. The minimum atomic E-state index is -0.222. The van der Waals surface area contributed by atoms with Crippen LogP contribution in [-0.2, 0) is 0 Å². The van der Waals surface area contributed by atoms with Crippen molar-refractivity contribution >= 4 is 12.4 Å². The predicted molar refractivity (Wildman–Crippen MR) is 62.8 cm³/mol. The first-order valence-electron chi connectivity index (χ1n) is 4.40. The maximum atomic E-state index is 5.83. The third kappa shape index (κ3) is 3.27. The van der Waals surface area contributed by atoms with Gasteiger partial charge in [0.2, 0.25) is 0 Å². The van der Waals surface area contributed by atoms with Gasteiger partial charge in [-0.25, -0.2) is 0 Å². The summed E-state index contributed by atoms with van der Waals surface area (Å²) in [5, 5.41) is 0. The standard InChI is InChI=1S/C10H16N2O2.ClH/c1-13-7-3-4-10(14-2)8(5-7)9(12)6-11;/h3-5,9H,6,11-12H2,1-2H3;1H/t9-;/m0./s1. The van der Waals surface area contributed by atoms with Gasteiger partial charge in [0.05, 0.1) is 14.2 Å². The number of hydrogen-bond donors (Lipinski definition) is 2. The van der Waals surface area contributed by atoms with Gasteiger partial charge in [0, 0.05) is 18.2 Å². The molecule has 0 fully saturated rings. The SMILES string of the molecule is COc1ccc(OC)c([C@@H](N)CN)c1.Cl. The molecule has 4 N–H and O–H groups in total. The Morgan fingerprint density at radius 1 is 1.27 bits per heavy atom. The summed E-state index contributed by atoms with van der Waals surface area (Å²) in [5.41, 5.74) is 12.2. The van der Waals surface area contributed by atoms with Crippen LogP contribution >= 0.6 is 12.4 Å². The molecule has 0 spiro atoms. The minimum Gasteiger partial charge on any atom is -0.497 e. The topological polar surface area (TPSA) is 70.5 Å². The van der Waals surface area contributed by atoms with E-state index in [1.165, 1.54) is 0 Å². The molecule has 1 aromatic rings. The van der Waals surface area contributed by atoms with Crippen LogP contribution in [0.2, 0.25) is 0 Å². The largest absolute Gasteiger partial charge is 0.497 e. The number of hydrogen-bond acceptors (Lipinski definition) is 4. The second-order valence-corrected chi connectivity index (χ2v) is 2.95. The zero-order chi connectivity index (χ0) is 10.6. The van der Waals surface area contributed by atoms with E-state index in [0.29, 0.717) is 6.54 Å². The highest BCUT2D eigenvalue weighted by Gasteiger charge is 2.11. The van der Waals surface area contributed by atoms with Crippen molar-refractivity contribution in [1.29, 1.82) is 0 Å². The fourth-order valence-corrected chi connectivity index (χ4v) is 1.26. The van der Waals surface area contributed by atoms with Crippen LogP contribution in [0.3, 0.4) is 0 Å². The Morgan fingerprint density at radius 3 is 2.40 bits per heavy atom. The molecule has 0 aromatic heterocycles. The van der Waals surface area contributed by atoms with Crippen LogP contribution in [0.15, 0.2) is 18.2 Å². The molecule has 0 aliphatic heterocycles. The summed E-state index contributed by atoms with van der Waals surface area (Å²) < 4.78 is 10.3. The molecule has 0 bridgehead atoms. The fourth-order valence-electron chi connectivity index (χ4n) is 1.26. The van der Waals surface area contributed by atoms with E-state index >= 15 is 0 Å². The second kappa shape index (κ2) is 6.50. The Morgan fingerprint density at radius 2 is 1.93 bits per heavy atom. The quantitative estimate of drug-likeness (QED) is 0.815. The lowest BCUT2D eigenvalue weighted by atomic mass is 10.1. The number of methoxy groups -OCH3 is 2. The summed E-state index contributed by atoms with van der Waals surface area (Å²) in [6.07, 6.45) is 0. The van der Waals surface area contributed by atoms with Crippen molar-refractivity contribution in [3.05, 3.63) is 23.8 Å². The van der Waals surface area contributed by atoms with Crippen LogP contribution in [-0.4, -0.2) is 20.8 Å². The van der Waals surface area contributed by atoms with Crippen LogP contribution in [0, 0.1) is 0 Å². The van der Waals surface area contributed by atoms with E-state index in [1.807, 2.05) is 18.2 Å². The van der Waals surface area contributed by atoms with Crippen LogP contribution in [0.4, 0.5) is 0 Å². The summed E-state index contributed by atoms with van der Waals surface area (Å²) in [6, 6.07) is 5.27. The highest BCUT2D eigenvalue weighted by atomic mass is 35.5. The third-order valence-corrected chi connectivity index (χ3v) is 2.09. The van der Waals surface area contributed by atoms with E-state index in [-0.39, 0.29) is 18.4 Å². The first-order valence-corrected chi connectivity index (χ1v) is 4.40. The molecule has 15 heavy (non-hydrogen) atoms. The molecule has 0 radical (unpaired) electrons. The number of rotatable bonds is 4. The summed E-state index contributed by atoms with van der Waals surface area (Å²) in [4.78, 5) is 0. The second-order valence-electron chi connectivity index (χ2n) is 2.95. The summed E-state index contributed by atoms with van der Waals surface area (Å²) in [6.45, 7) is 0.378. The Labute approximate surface area is 96.0 Å². The monoisotopic (exact) mass is 232 g/mol. The van der Waals surface area contributed by atoms with Gasteiger partial charge < -0.3 is 20.9 Å². The van der Waals surface area contributed by atoms with E-state index < -0.39 is 0 Å². The van der Waals surface area contributed by atoms with Crippen molar-refractivity contribution in [2.45, 2.75) is 6.04 Å². The maximum Gasteiger partial charge on any atom is 0.123 e. The highest BCUT2D eigenvalue weighted by molar-refractivity contribution is 5.85. The molecular weight excluding hydrogens is 216 g/mol. The Hall–Kier alpha value is -0.970. The number of nitrogens with two attached hydrogens (primary N) is 2. The molecule has 0 saturated carbocycles. The smallest absolute Gasteiger partial charge is 0.123 e. The van der Waals surface area contributed by atoms with Crippen LogP contribution in [0.1, 0.15) is 11.6 Å². The van der Waals surface area contributed by atoms with Gasteiger partial charge in [-0.15, -0.1) is 12.4 Å². The molecule has 0 unspecified atom stereocenters. The molecule has 0 saturated heterocycles. The average molecular weight is 233 g/mol. The van der Waals surface area contributed by atoms with Gasteiger partial charge in [-0.2, -0.15) is 0 Å². The molecule has 1 atom stereocenters. The van der Waals surface area contributed by atoms with Crippen molar-refractivity contribution in [2.24, 2.45) is 11.5 Å². The molecule has 86 valence electrons. The van der Waals surface area contributed by atoms with E-state index in [2.05, 4.69) is 0 Å². The van der Waals surface area contributed by atoms with Crippen LogP contribution in [0.5, 0.6) is 11.5 Å². The molecule has 0 heterocycles. The molecule has 0 aliphatic carbocycles. The molecule has 5 heteroatoms. The molecular formula is C10H17ClN2O2. The minimum absolute atomic E-state index is 0. The van der Waals surface area contributed by atoms with Gasteiger partial charge in [-0.3, -0.25) is 0 Å². The molecule has 0 aliphatic rings.